The average Bonchev–Trinajstić information content (AvgIpc) is 2.28. The van der Waals surface area contributed by atoms with Crippen LogP contribution in [0.1, 0.15) is 10.4 Å². The van der Waals surface area contributed by atoms with Crippen LogP contribution in [0.2, 0.25) is 0 Å². The lowest BCUT2D eigenvalue weighted by Gasteiger charge is -1.93. The number of carbonyl (C=O) groups excluding carboxylic acids is 1. The highest BCUT2D eigenvalue weighted by Crippen LogP contribution is 2.06. The molecule has 60 valence electrons. The van der Waals surface area contributed by atoms with Crippen molar-refractivity contribution in [3.05, 3.63) is 11.8 Å². The van der Waals surface area contributed by atoms with Gasteiger partial charge in [0.05, 0.1) is 0 Å². The van der Waals surface area contributed by atoms with Crippen LogP contribution in [0.25, 0.3) is 0 Å². The summed E-state index contributed by atoms with van der Waals surface area (Å²) in [5, 5.41) is 3.76. The smallest absolute Gasteiger partial charge is 0.270 e. The van der Waals surface area contributed by atoms with Gasteiger partial charge in [-0.2, -0.15) is 5.10 Å². The molecule has 0 saturated heterocycles. The number of amides is 1. The van der Waals surface area contributed by atoms with Crippen LogP contribution in [-0.2, 0) is 7.05 Å². The fourth-order valence-electron chi connectivity index (χ4n) is 0.758. The first-order valence-electron chi connectivity index (χ1n) is 2.95. The Hall–Kier alpha value is -1.56. The minimum Gasteiger partial charge on any atom is -0.382 e. The number of hydrogen-bond acceptors (Lipinski definition) is 4. The number of nitrogens with zero attached hydrogens (tertiary/aromatic N) is 2. The quantitative estimate of drug-likeness (QED) is 0.264. The number of aryl methyl sites for hydroxylation is 1. The number of nitrogens with one attached hydrogen (secondary N) is 1. The van der Waals surface area contributed by atoms with E-state index in [0.717, 1.165) is 0 Å². The van der Waals surface area contributed by atoms with E-state index in [1.165, 1.54) is 10.9 Å². The zero-order valence-electron chi connectivity index (χ0n) is 6.03. The minimum atomic E-state index is -0.435. The lowest BCUT2D eigenvalue weighted by atomic mass is 10.3. The molecule has 0 radical (unpaired) electrons. The Morgan fingerprint density at radius 1 is 1.82 bits per heavy atom. The standard InChI is InChI=1S/C5H9N5O/c1-10-2-3(4(6)9-10)5(11)8-7/h2H,7H2,1H3,(H2,6,9)(H,8,11). The maximum Gasteiger partial charge on any atom is 0.270 e. The summed E-state index contributed by atoms with van der Waals surface area (Å²) in [6.45, 7) is 0. The molecule has 1 heterocycles. The van der Waals surface area contributed by atoms with Crippen LogP contribution in [0.5, 0.6) is 0 Å². The molecule has 6 heteroatoms. The predicted octanol–water partition coefficient (Wildman–Crippen LogP) is -1.39. The van der Waals surface area contributed by atoms with Crippen molar-refractivity contribution in [3.8, 4) is 0 Å². The summed E-state index contributed by atoms with van der Waals surface area (Å²) < 4.78 is 1.44. The van der Waals surface area contributed by atoms with Crippen LogP contribution in [0, 0.1) is 0 Å². The molecule has 1 amide bonds. The molecular formula is C5H9N5O. The van der Waals surface area contributed by atoms with Crippen LogP contribution in [0.4, 0.5) is 5.82 Å². The summed E-state index contributed by atoms with van der Waals surface area (Å²) in [6, 6.07) is 0. The topological polar surface area (TPSA) is 99.0 Å². The average molecular weight is 155 g/mol. The molecule has 0 atom stereocenters. The second-order valence-electron chi connectivity index (χ2n) is 2.08. The van der Waals surface area contributed by atoms with Crippen molar-refractivity contribution >= 4 is 11.7 Å². The fourth-order valence-corrected chi connectivity index (χ4v) is 0.758. The van der Waals surface area contributed by atoms with E-state index in [1.807, 2.05) is 5.43 Å². The van der Waals surface area contributed by atoms with E-state index in [9.17, 15) is 4.79 Å². The number of nitrogens with two attached hydrogens (primary N) is 2. The van der Waals surface area contributed by atoms with Crippen molar-refractivity contribution in [2.75, 3.05) is 5.73 Å². The Bertz CT molecular complexity index is 278. The molecule has 0 bridgehead atoms. The number of carbonyl (C=O) groups is 1. The largest absolute Gasteiger partial charge is 0.382 e. The molecule has 0 saturated carbocycles. The lowest BCUT2D eigenvalue weighted by molar-refractivity contribution is 0.0954. The van der Waals surface area contributed by atoms with Gasteiger partial charge in [0.2, 0.25) is 0 Å². The van der Waals surface area contributed by atoms with E-state index < -0.39 is 5.91 Å². The van der Waals surface area contributed by atoms with Gasteiger partial charge in [0, 0.05) is 13.2 Å². The maximum atomic E-state index is 10.9. The van der Waals surface area contributed by atoms with Crippen molar-refractivity contribution in [1.29, 1.82) is 0 Å². The van der Waals surface area contributed by atoms with Crippen LogP contribution in [0.15, 0.2) is 6.20 Å². The van der Waals surface area contributed by atoms with Gasteiger partial charge in [0.25, 0.3) is 5.91 Å². The molecule has 0 unspecified atom stereocenters. The molecule has 0 fully saturated rings. The van der Waals surface area contributed by atoms with Gasteiger partial charge in [0.1, 0.15) is 5.56 Å². The highest BCUT2D eigenvalue weighted by atomic mass is 16.2. The van der Waals surface area contributed by atoms with E-state index in [1.54, 1.807) is 7.05 Å². The second-order valence-corrected chi connectivity index (χ2v) is 2.08. The van der Waals surface area contributed by atoms with Gasteiger partial charge in [-0.05, 0) is 0 Å². The number of hydrazine groups is 1. The van der Waals surface area contributed by atoms with E-state index in [2.05, 4.69) is 5.10 Å². The van der Waals surface area contributed by atoms with Crippen molar-refractivity contribution in [2.24, 2.45) is 12.9 Å². The Balaban J connectivity index is 3.03. The van der Waals surface area contributed by atoms with Crippen LogP contribution >= 0.6 is 0 Å². The van der Waals surface area contributed by atoms with Crippen LogP contribution in [0.3, 0.4) is 0 Å². The first-order valence-corrected chi connectivity index (χ1v) is 2.95. The first-order chi connectivity index (χ1) is 5.15. The Morgan fingerprint density at radius 2 is 2.45 bits per heavy atom. The van der Waals surface area contributed by atoms with Crippen molar-refractivity contribution in [1.82, 2.24) is 15.2 Å². The third-order valence-corrected chi connectivity index (χ3v) is 1.23. The molecule has 0 aliphatic rings. The van der Waals surface area contributed by atoms with Crippen molar-refractivity contribution in [3.63, 3.8) is 0 Å². The SMILES string of the molecule is Cn1cc(C(=O)NN)c(N)n1. The van der Waals surface area contributed by atoms with Crippen molar-refractivity contribution < 1.29 is 4.79 Å². The highest BCUT2D eigenvalue weighted by molar-refractivity contribution is 5.97. The summed E-state index contributed by atoms with van der Waals surface area (Å²) in [5.41, 5.74) is 7.62. The Morgan fingerprint density at radius 3 is 2.82 bits per heavy atom. The third-order valence-electron chi connectivity index (χ3n) is 1.23. The lowest BCUT2D eigenvalue weighted by Crippen LogP contribution is -2.30. The molecule has 0 aromatic carbocycles. The summed E-state index contributed by atoms with van der Waals surface area (Å²) in [5.74, 6) is 4.63. The summed E-state index contributed by atoms with van der Waals surface area (Å²) in [6.07, 6.45) is 1.50. The summed E-state index contributed by atoms with van der Waals surface area (Å²) >= 11 is 0. The molecule has 0 spiro atoms. The molecule has 1 aromatic heterocycles. The number of nitrogen functional groups attached to an aromatic ring is 2. The third kappa shape index (κ3) is 1.30. The number of hydrogen-bond donors (Lipinski definition) is 3. The number of aromatic nitrogens is 2. The minimum absolute atomic E-state index is 0.176. The predicted molar refractivity (Wildman–Crippen MR) is 39.3 cm³/mol. The van der Waals surface area contributed by atoms with E-state index in [0.29, 0.717) is 0 Å². The molecule has 1 aromatic rings. The summed E-state index contributed by atoms with van der Waals surface area (Å²) in [4.78, 5) is 10.9. The van der Waals surface area contributed by atoms with Gasteiger partial charge in [-0.25, -0.2) is 5.84 Å². The second kappa shape index (κ2) is 2.59. The van der Waals surface area contributed by atoms with E-state index in [4.69, 9.17) is 11.6 Å². The number of anilines is 1. The molecule has 0 aliphatic carbocycles. The highest BCUT2D eigenvalue weighted by Gasteiger charge is 2.10. The van der Waals surface area contributed by atoms with Gasteiger partial charge >= 0.3 is 0 Å². The normalized spacial score (nSPS) is 9.64. The zero-order valence-corrected chi connectivity index (χ0v) is 6.03. The molecule has 6 nitrogen and oxygen atoms in total. The molecular weight excluding hydrogens is 146 g/mol. The zero-order chi connectivity index (χ0) is 8.43. The first kappa shape index (κ1) is 7.55. The maximum absolute atomic E-state index is 10.9. The molecule has 11 heavy (non-hydrogen) atoms. The van der Waals surface area contributed by atoms with Gasteiger partial charge in [-0.15, -0.1) is 0 Å². The molecule has 1 rings (SSSR count). The fraction of sp³-hybridized carbons (Fsp3) is 0.200. The van der Waals surface area contributed by atoms with Crippen LogP contribution < -0.4 is 17.0 Å². The van der Waals surface area contributed by atoms with E-state index >= 15 is 0 Å². The Labute approximate surface area is 63.1 Å². The van der Waals surface area contributed by atoms with Gasteiger partial charge in [-0.3, -0.25) is 14.9 Å². The molecule has 0 aliphatic heterocycles. The van der Waals surface area contributed by atoms with Gasteiger partial charge in [-0.1, -0.05) is 0 Å². The summed E-state index contributed by atoms with van der Waals surface area (Å²) in [7, 11) is 1.67. The van der Waals surface area contributed by atoms with Crippen LogP contribution in [-0.4, -0.2) is 15.7 Å². The van der Waals surface area contributed by atoms with Gasteiger partial charge in [0.15, 0.2) is 5.82 Å². The Kier molecular flexibility index (Phi) is 1.77. The monoisotopic (exact) mass is 155 g/mol. The van der Waals surface area contributed by atoms with Crippen molar-refractivity contribution in [2.45, 2.75) is 0 Å². The molecule has 5 N–H and O–H groups in total. The van der Waals surface area contributed by atoms with E-state index in [-0.39, 0.29) is 11.4 Å². The van der Waals surface area contributed by atoms with Gasteiger partial charge < -0.3 is 5.73 Å². The number of rotatable bonds is 1.